The fourth-order valence-electron chi connectivity index (χ4n) is 3.68. The number of ketones is 1. The third kappa shape index (κ3) is 5.47. The molecule has 1 saturated heterocycles. The van der Waals surface area contributed by atoms with E-state index >= 15 is 0 Å². The maximum Gasteiger partial charge on any atom is 0.234 e. The predicted octanol–water partition coefficient (Wildman–Crippen LogP) is 2.78. The summed E-state index contributed by atoms with van der Waals surface area (Å²) >= 11 is 0. The second-order valence-electron chi connectivity index (χ2n) is 7.94. The zero-order chi connectivity index (χ0) is 21.0. The summed E-state index contributed by atoms with van der Waals surface area (Å²) in [7, 11) is 0. The molecule has 2 heterocycles. The van der Waals surface area contributed by atoms with Crippen molar-refractivity contribution >= 4 is 11.7 Å². The monoisotopic (exact) mass is 402 g/mol. The third-order valence-electron chi connectivity index (χ3n) is 5.19. The molecule has 1 aliphatic rings. The second-order valence-corrected chi connectivity index (χ2v) is 7.94. The molecule has 1 aromatic carbocycles. The lowest BCUT2D eigenvalue weighted by atomic mass is 9.97. The zero-order valence-corrected chi connectivity index (χ0v) is 17.0. The molecule has 2 atom stereocenters. The van der Waals surface area contributed by atoms with E-state index in [4.69, 9.17) is 4.52 Å². The van der Waals surface area contributed by atoms with Crippen LogP contribution in [0.5, 0.6) is 0 Å². The largest absolute Gasteiger partial charge is 0.345 e. The minimum atomic E-state index is -0.461. The average molecular weight is 402 g/mol. The topological polar surface area (TPSA) is 88.3 Å². The van der Waals surface area contributed by atoms with Gasteiger partial charge in [0.2, 0.25) is 17.6 Å². The first-order valence-electron chi connectivity index (χ1n) is 9.95. The molecule has 3 rings (SSSR count). The Hall–Kier alpha value is -2.61. The van der Waals surface area contributed by atoms with Gasteiger partial charge >= 0.3 is 0 Å². The molecule has 0 spiro atoms. The molecule has 0 aliphatic carbocycles. The highest BCUT2D eigenvalue weighted by atomic mass is 19.1. The van der Waals surface area contributed by atoms with Crippen LogP contribution in [0.25, 0.3) is 11.4 Å². The number of likely N-dealkylation sites (tertiary alicyclic amines) is 1. The highest BCUT2D eigenvalue weighted by Crippen LogP contribution is 2.27. The minimum Gasteiger partial charge on any atom is -0.345 e. The number of halogens is 1. The first-order chi connectivity index (χ1) is 13.8. The molecule has 0 bridgehead atoms. The Bertz CT molecular complexity index is 850. The van der Waals surface area contributed by atoms with Crippen LogP contribution in [0.4, 0.5) is 4.39 Å². The van der Waals surface area contributed by atoms with E-state index in [0.29, 0.717) is 23.8 Å². The number of carbonyl (C=O) groups excluding carboxylic acids is 2. The number of carbonyl (C=O) groups is 2. The molecule has 0 saturated carbocycles. The molecule has 2 aromatic rings. The number of hydrogen-bond acceptors (Lipinski definition) is 6. The molecular weight excluding hydrogens is 375 g/mol. The van der Waals surface area contributed by atoms with Crippen molar-refractivity contribution in [1.29, 1.82) is 0 Å². The number of rotatable bonds is 7. The second kappa shape index (κ2) is 9.26. The number of amides is 1. The number of Topliss-reactive ketones (excluding diaryl/α,β-unsaturated/α-hetero) is 1. The highest BCUT2D eigenvalue weighted by Gasteiger charge is 2.28. The molecule has 1 amide bonds. The SMILES string of the molecule is CC(=O)C(NC(=O)CN1CCCC(c2nc(-c3ccc(F)cc3)no2)C1)C(C)C. The smallest absolute Gasteiger partial charge is 0.234 e. The third-order valence-corrected chi connectivity index (χ3v) is 5.19. The van der Waals surface area contributed by atoms with Crippen molar-refractivity contribution in [3.8, 4) is 11.4 Å². The van der Waals surface area contributed by atoms with Crippen molar-refractivity contribution in [2.24, 2.45) is 5.92 Å². The summed E-state index contributed by atoms with van der Waals surface area (Å²) in [5.41, 5.74) is 0.692. The predicted molar refractivity (Wildman–Crippen MR) is 106 cm³/mol. The van der Waals surface area contributed by atoms with Gasteiger partial charge in [0.25, 0.3) is 0 Å². The summed E-state index contributed by atoms with van der Waals surface area (Å²) in [5.74, 6) is 0.527. The van der Waals surface area contributed by atoms with E-state index in [9.17, 15) is 14.0 Å². The highest BCUT2D eigenvalue weighted by molar-refractivity contribution is 5.88. The zero-order valence-electron chi connectivity index (χ0n) is 17.0. The van der Waals surface area contributed by atoms with Gasteiger partial charge < -0.3 is 9.84 Å². The molecular formula is C21H27FN4O3. The Morgan fingerprint density at radius 2 is 2.03 bits per heavy atom. The summed E-state index contributed by atoms with van der Waals surface area (Å²) in [6, 6.07) is 5.48. The van der Waals surface area contributed by atoms with Crippen LogP contribution in [-0.4, -0.2) is 52.4 Å². The van der Waals surface area contributed by atoms with Gasteiger partial charge in [-0.05, 0) is 56.5 Å². The quantitative estimate of drug-likeness (QED) is 0.766. The number of hydrogen-bond donors (Lipinski definition) is 1. The van der Waals surface area contributed by atoms with E-state index in [1.807, 2.05) is 18.7 Å². The fourth-order valence-corrected chi connectivity index (χ4v) is 3.68. The van der Waals surface area contributed by atoms with Crippen molar-refractivity contribution in [1.82, 2.24) is 20.4 Å². The van der Waals surface area contributed by atoms with Crippen LogP contribution in [0.3, 0.4) is 0 Å². The molecule has 1 N–H and O–H groups in total. The minimum absolute atomic E-state index is 0.0342. The maximum atomic E-state index is 13.1. The van der Waals surface area contributed by atoms with Gasteiger partial charge in [0.15, 0.2) is 5.78 Å². The molecule has 2 unspecified atom stereocenters. The van der Waals surface area contributed by atoms with Crippen molar-refractivity contribution in [2.75, 3.05) is 19.6 Å². The van der Waals surface area contributed by atoms with Gasteiger partial charge in [-0.2, -0.15) is 4.98 Å². The van der Waals surface area contributed by atoms with Gasteiger partial charge in [0.05, 0.1) is 18.5 Å². The van der Waals surface area contributed by atoms with Gasteiger partial charge in [-0.1, -0.05) is 19.0 Å². The van der Waals surface area contributed by atoms with Crippen LogP contribution in [0, 0.1) is 11.7 Å². The van der Waals surface area contributed by atoms with Crippen LogP contribution in [-0.2, 0) is 9.59 Å². The van der Waals surface area contributed by atoms with Crippen molar-refractivity contribution < 1.29 is 18.5 Å². The van der Waals surface area contributed by atoms with Crippen LogP contribution in [0.15, 0.2) is 28.8 Å². The van der Waals surface area contributed by atoms with Crippen molar-refractivity contribution in [3.63, 3.8) is 0 Å². The Morgan fingerprint density at radius 3 is 2.69 bits per heavy atom. The van der Waals surface area contributed by atoms with E-state index in [1.165, 1.54) is 19.1 Å². The lowest BCUT2D eigenvalue weighted by molar-refractivity contribution is -0.128. The first kappa shape index (κ1) is 21.1. The number of nitrogens with one attached hydrogen (secondary N) is 1. The fraction of sp³-hybridized carbons (Fsp3) is 0.524. The van der Waals surface area contributed by atoms with Gasteiger partial charge in [-0.25, -0.2) is 4.39 Å². The summed E-state index contributed by atoms with van der Waals surface area (Å²) in [5, 5.41) is 6.85. The summed E-state index contributed by atoms with van der Waals surface area (Å²) < 4.78 is 18.5. The standard InChI is InChI=1S/C21H27FN4O3/c1-13(2)19(14(3)27)23-18(28)12-26-10-4-5-16(11-26)21-24-20(25-29-21)15-6-8-17(22)9-7-15/h6-9,13,16,19H,4-5,10-12H2,1-3H3,(H,23,28). The van der Waals surface area contributed by atoms with Gasteiger partial charge in [-0.15, -0.1) is 0 Å². The summed E-state index contributed by atoms with van der Waals surface area (Å²) in [6.45, 7) is 6.98. The van der Waals surface area contributed by atoms with Crippen LogP contribution in [0.1, 0.15) is 45.4 Å². The van der Waals surface area contributed by atoms with Gasteiger partial charge in [0.1, 0.15) is 5.82 Å². The Kier molecular flexibility index (Phi) is 6.74. The summed E-state index contributed by atoms with van der Waals surface area (Å²) in [4.78, 5) is 30.6. The molecule has 8 heteroatoms. The van der Waals surface area contributed by atoms with Crippen LogP contribution >= 0.6 is 0 Å². The summed E-state index contributed by atoms with van der Waals surface area (Å²) in [6.07, 6.45) is 1.80. The number of aromatic nitrogens is 2. The van der Waals surface area contributed by atoms with E-state index in [2.05, 4.69) is 15.5 Å². The van der Waals surface area contributed by atoms with E-state index in [-0.39, 0.29) is 35.9 Å². The molecule has 1 aliphatic heterocycles. The van der Waals surface area contributed by atoms with E-state index in [0.717, 1.165) is 19.4 Å². The number of benzene rings is 1. The van der Waals surface area contributed by atoms with Crippen molar-refractivity contribution in [2.45, 2.75) is 45.6 Å². The molecule has 7 nitrogen and oxygen atoms in total. The number of piperidine rings is 1. The first-order valence-corrected chi connectivity index (χ1v) is 9.95. The number of nitrogens with zero attached hydrogens (tertiary/aromatic N) is 3. The molecule has 1 aromatic heterocycles. The lowest BCUT2D eigenvalue weighted by Gasteiger charge is -2.31. The molecule has 156 valence electrons. The lowest BCUT2D eigenvalue weighted by Crippen LogP contribution is -2.48. The van der Waals surface area contributed by atoms with Crippen molar-refractivity contribution in [3.05, 3.63) is 36.0 Å². The van der Waals surface area contributed by atoms with Crippen LogP contribution < -0.4 is 5.32 Å². The Labute approximate surface area is 169 Å². The average Bonchev–Trinajstić information content (AvgIpc) is 3.16. The van der Waals surface area contributed by atoms with E-state index < -0.39 is 6.04 Å². The Balaban J connectivity index is 1.60. The van der Waals surface area contributed by atoms with Crippen LogP contribution in [0.2, 0.25) is 0 Å². The van der Waals surface area contributed by atoms with Gasteiger partial charge in [-0.3, -0.25) is 14.5 Å². The Morgan fingerprint density at radius 1 is 1.31 bits per heavy atom. The molecule has 1 fully saturated rings. The van der Waals surface area contributed by atoms with Gasteiger partial charge in [0, 0.05) is 12.1 Å². The molecule has 0 radical (unpaired) electrons. The molecule has 29 heavy (non-hydrogen) atoms. The normalized spacial score (nSPS) is 18.6. The van der Waals surface area contributed by atoms with E-state index in [1.54, 1.807) is 12.1 Å². The maximum absolute atomic E-state index is 13.1.